The predicted octanol–water partition coefficient (Wildman–Crippen LogP) is 4.71. The van der Waals surface area contributed by atoms with Gasteiger partial charge in [0.05, 0.1) is 30.3 Å². The van der Waals surface area contributed by atoms with Crippen molar-refractivity contribution in [1.82, 2.24) is 10.2 Å². The molecule has 216 valence electrons. The molecule has 2 aliphatic heterocycles. The third-order valence-corrected chi connectivity index (χ3v) is 7.66. The van der Waals surface area contributed by atoms with Crippen molar-refractivity contribution in [1.29, 1.82) is 5.26 Å². The summed E-state index contributed by atoms with van der Waals surface area (Å²) in [5.41, 5.74) is -2.05. The first kappa shape index (κ1) is 28.3. The van der Waals surface area contributed by atoms with Gasteiger partial charge in [0.15, 0.2) is 0 Å². The van der Waals surface area contributed by atoms with Crippen LogP contribution >= 0.6 is 0 Å². The molecule has 9 nitrogen and oxygen atoms in total. The number of cyclic esters (lactones) is 1. The summed E-state index contributed by atoms with van der Waals surface area (Å²) in [4.78, 5) is 38.4. The zero-order valence-corrected chi connectivity index (χ0v) is 23.0. The first-order valence-electron chi connectivity index (χ1n) is 13.1. The molecule has 4 atom stereocenters. The minimum atomic E-state index is -1.13. The maximum absolute atomic E-state index is 15.4. The Balaban J connectivity index is 1.33. The number of rotatable bonds is 5. The molecule has 1 saturated carbocycles. The van der Waals surface area contributed by atoms with E-state index in [1.165, 1.54) is 28.9 Å². The van der Waals surface area contributed by atoms with Crippen LogP contribution in [0.1, 0.15) is 39.2 Å². The number of halogens is 3. The SMILES string of the molecule is CC(=O)NC[C@H]1CN(c2ccc(-c3cc(F)c([C@@H]4[C@@H]5CN(C(=O)OC(C)(C)C)C[C@]45C#N)c(F)c3)c(F)c2)C(=O)O1. The van der Waals surface area contributed by atoms with Gasteiger partial charge in [-0.05, 0) is 56.7 Å². The minimum Gasteiger partial charge on any atom is -0.444 e. The number of hydrogen-bond donors (Lipinski definition) is 1. The summed E-state index contributed by atoms with van der Waals surface area (Å²) < 4.78 is 56.5. The molecule has 41 heavy (non-hydrogen) atoms. The summed E-state index contributed by atoms with van der Waals surface area (Å²) in [7, 11) is 0. The number of hydrogen-bond acceptors (Lipinski definition) is 6. The maximum atomic E-state index is 15.4. The molecule has 1 aliphatic carbocycles. The second-order valence-corrected chi connectivity index (χ2v) is 11.7. The Labute approximate surface area is 234 Å². The number of likely N-dealkylation sites (tertiary alicyclic amines) is 1. The summed E-state index contributed by atoms with van der Waals surface area (Å²) in [6.07, 6.45) is -1.90. The van der Waals surface area contributed by atoms with E-state index in [9.17, 15) is 19.6 Å². The largest absolute Gasteiger partial charge is 0.444 e. The third kappa shape index (κ3) is 5.16. The number of nitrogens with zero attached hydrogens (tertiary/aromatic N) is 3. The van der Waals surface area contributed by atoms with Crippen LogP contribution in [0.5, 0.6) is 0 Å². The lowest BCUT2D eigenvalue weighted by molar-refractivity contribution is -0.119. The van der Waals surface area contributed by atoms with E-state index in [1.54, 1.807) is 20.8 Å². The van der Waals surface area contributed by atoms with Crippen LogP contribution in [-0.4, -0.2) is 60.9 Å². The van der Waals surface area contributed by atoms with Gasteiger partial charge in [0, 0.05) is 43.0 Å². The second kappa shape index (κ2) is 9.98. The van der Waals surface area contributed by atoms with Crippen LogP contribution in [0.3, 0.4) is 0 Å². The van der Waals surface area contributed by atoms with E-state index < -0.39 is 58.6 Å². The van der Waals surface area contributed by atoms with Crippen LogP contribution in [0.4, 0.5) is 28.4 Å². The number of carbonyl (C=O) groups is 3. The fourth-order valence-corrected chi connectivity index (χ4v) is 5.77. The van der Waals surface area contributed by atoms with Crippen LogP contribution < -0.4 is 10.2 Å². The third-order valence-electron chi connectivity index (χ3n) is 7.66. The number of fused-ring (bicyclic) bond motifs is 1. The molecule has 0 spiro atoms. The van der Waals surface area contributed by atoms with E-state index in [2.05, 4.69) is 11.4 Å². The normalized spacial score (nSPS) is 24.9. The summed E-state index contributed by atoms with van der Waals surface area (Å²) in [5, 5.41) is 12.5. The quantitative estimate of drug-likeness (QED) is 0.558. The van der Waals surface area contributed by atoms with Gasteiger partial charge in [0.2, 0.25) is 5.91 Å². The molecule has 2 aromatic carbocycles. The van der Waals surface area contributed by atoms with Gasteiger partial charge in [-0.2, -0.15) is 5.26 Å². The molecular weight excluding hydrogens is 541 g/mol. The molecule has 2 heterocycles. The molecule has 0 aromatic heterocycles. The number of nitriles is 1. The van der Waals surface area contributed by atoms with Crippen molar-refractivity contribution in [3.63, 3.8) is 0 Å². The molecule has 5 rings (SSSR count). The second-order valence-electron chi connectivity index (χ2n) is 11.7. The van der Waals surface area contributed by atoms with Crippen LogP contribution in [0.25, 0.3) is 11.1 Å². The number of benzene rings is 2. The zero-order valence-electron chi connectivity index (χ0n) is 23.0. The first-order valence-corrected chi connectivity index (χ1v) is 13.1. The van der Waals surface area contributed by atoms with Crippen molar-refractivity contribution >= 4 is 23.8 Å². The smallest absolute Gasteiger partial charge is 0.414 e. The highest BCUT2D eigenvalue weighted by Crippen LogP contribution is 2.69. The van der Waals surface area contributed by atoms with Gasteiger partial charge in [-0.15, -0.1) is 0 Å². The van der Waals surface area contributed by atoms with E-state index in [0.29, 0.717) is 0 Å². The molecule has 0 bridgehead atoms. The molecule has 3 aliphatic rings. The van der Waals surface area contributed by atoms with Gasteiger partial charge in [-0.25, -0.2) is 22.8 Å². The predicted molar refractivity (Wildman–Crippen MR) is 140 cm³/mol. The Hall–Kier alpha value is -4.27. The van der Waals surface area contributed by atoms with Crippen LogP contribution in [0.15, 0.2) is 30.3 Å². The summed E-state index contributed by atoms with van der Waals surface area (Å²) in [6.45, 7) is 6.82. The van der Waals surface area contributed by atoms with Gasteiger partial charge in [-0.3, -0.25) is 9.69 Å². The highest BCUT2D eigenvalue weighted by molar-refractivity contribution is 5.90. The Bertz CT molecular complexity index is 1460. The van der Waals surface area contributed by atoms with Crippen molar-refractivity contribution < 1.29 is 37.0 Å². The minimum absolute atomic E-state index is 0.00489. The van der Waals surface area contributed by atoms with E-state index in [-0.39, 0.29) is 54.5 Å². The molecular formula is C29H29F3N4O5. The Morgan fingerprint density at radius 2 is 1.83 bits per heavy atom. The number of amides is 3. The zero-order chi connectivity index (χ0) is 29.9. The average molecular weight is 571 g/mol. The van der Waals surface area contributed by atoms with Crippen LogP contribution in [0, 0.1) is 40.1 Å². The van der Waals surface area contributed by atoms with Gasteiger partial charge in [0.1, 0.15) is 29.2 Å². The lowest BCUT2D eigenvalue weighted by Crippen LogP contribution is -2.38. The fraction of sp³-hybridized carbons (Fsp3) is 0.448. The molecule has 0 unspecified atom stereocenters. The van der Waals surface area contributed by atoms with E-state index in [4.69, 9.17) is 9.47 Å². The van der Waals surface area contributed by atoms with Crippen molar-refractivity contribution in [3.8, 4) is 17.2 Å². The molecule has 2 saturated heterocycles. The monoisotopic (exact) mass is 570 g/mol. The van der Waals surface area contributed by atoms with Gasteiger partial charge >= 0.3 is 12.2 Å². The highest BCUT2D eigenvalue weighted by Gasteiger charge is 2.72. The van der Waals surface area contributed by atoms with Crippen molar-refractivity contribution in [2.45, 2.75) is 45.3 Å². The Kier molecular flexibility index (Phi) is 6.88. The van der Waals surface area contributed by atoms with Gasteiger partial charge in [0.25, 0.3) is 0 Å². The van der Waals surface area contributed by atoms with Crippen molar-refractivity contribution in [3.05, 3.63) is 53.3 Å². The fourth-order valence-electron chi connectivity index (χ4n) is 5.77. The lowest BCUT2D eigenvalue weighted by Gasteiger charge is -2.26. The van der Waals surface area contributed by atoms with Crippen LogP contribution in [0.2, 0.25) is 0 Å². The average Bonchev–Trinajstić information content (AvgIpc) is 3.14. The van der Waals surface area contributed by atoms with E-state index >= 15 is 13.2 Å². The standard InChI is InChI=1S/C29H29F3N4O5/c1-15(37)34-10-18-11-36(27(39)40-18)17-5-6-19(21(30)9-17)16-7-22(31)24(23(32)8-16)25-20-12-35(14-29(20,25)13-33)26(38)41-28(2,3)4/h5-9,18,20,25H,10-12,14H2,1-4H3,(H,34,37)/t18-,20-,25-,29-/m0/s1. The lowest BCUT2D eigenvalue weighted by atomic mass is 9.95. The van der Waals surface area contributed by atoms with Crippen molar-refractivity contribution in [2.24, 2.45) is 11.3 Å². The number of nitrogens with one attached hydrogen (secondary N) is 1. The van der Waals surface area contributed by atoms with Gasteiger partial charge in [-0.1, -0.05) is 0 Å². The summed E-state index contributed by atoms with van der Waals surface area (Å²) >= 11 is 0. The van der Waals surface area contributed by atoms with Gasteiger partial charge < -0.3 is 19.7 Å². The van der Waals surface area contributed by atoms with E-state index in [1.807, 2.05) is 0 Å². The number of anilines is 1. The molecule has 2 aromatic rings. The molecule has 1 N–H and O–H groups in total. The molecule has 3 fully saturated rings. The van der Waals surface area contributed by atoms with Crippen molar-refractivity contribution in [2.75, 3.05) is 31.1 Å². The molecule has 0 radical (unpaired) electrons. The highest BCUT2D eigenvalue weighted by atomic mass is 19.1. The number of carbonyl (C=O) groups excluding carboxylic acids is 3. The number of piperidine rings is 1. The summed E-state index contributed by atoms with van der Waals surface area (Å²) in [6, 6.07) is 8.03. The van der Waals surface area contributed by atoms with E-state index in [0.717, 1.165) is 18.2 Å². The molecule has 12 heteroatoms. The molecule has 3 amide bonds. The van der Waals surface area contributed by atoms with Crippen LogP contribution in [-0.2, 0) is 14.3 Å². The summed E-state index contributed by atoms with van der Waals surface area (Å²) in [5.74, 6) is -4.12. The topological polar surface area (TPSA) is 112 Å². The first-order chi connectivity index (χ1) is 19.2. The number of ether oxygens (including phenoxy) is 2. The Morgan fingerprint density at radius 3 is 2.39 bits per heavy atom. The maximum Gasteiger partial charge on any atom is 0.414 e. The Morgan fingerprint density at radius 1 is 1.15 bits per heavy atom.